The number of carbonyl (C=O) groups excluding carboxylic acids is 1. The molecule has 0 saturated carbocycles. The number of nitrogens with zero attached hydrogens (tertiary/aromatic N) is 1. The van der Waals surface area contributed by atoms with Gasteiger partial charge in [-0.2, -0.15) is 0 Å². The molecule has 1 rings (SSSR count). The van der Waals surface area contributed by atoms with Crippen LogP contribution in [0.15, 0.2) is 12.3 Å². The minimum Gasteiger partial charge on any atom is -0.481 e. The normalized spacial score (nSPS) is 12.3. The highest BCUT2D eigenvalue weighted by atomic mass is 28.2. The topological polar surface area (TPSA) is 48.4 Å². The molecule has 116 valence electrons. The third kappa shape index (κ3) is 4.64. The number of hydrogen-bond acceptors (Lipinski definition) is 4. The molecule has 0 unspecified atom stereocenters. The molecule has 0 aliphatic rings. The van der Waals surface area contributed by atoms with Gasteiger partial charge in [0.25, 0.3) is 0 Å². The van der Waals surface area contributed by atoms with Gasteiger partial charge >= 0.3 is 0 Å². The molecular formula is C16H25NO3Si. The fraction of sp³-hybridized carbons (Fsp3) is 0.625. The molecule has 1 aromatic heterocycles. The number of ketones is 1. The first-order valence-corrected chi connectivity index (χ1v) is 8.05. The van der Waals surface area contributed by atoms with Gasteiger partial charge in [-0.3, -0.25) is 4.79 Å². The lowest BCUT2D eigenvalue weighted by Crippen LogP contribution is -2.30. The lowest BCUT2D eigenvalue weighted by atomic mass is 9.92. The number of rotatable bonds is 6. The molecule has 0 N–H and O–H groups in total. The second kappa shape index (κ2) is 6.71. The first-order chi connectivity index (χ1) is 9.62. The van der Waals surface area contributed by atoms with Gasteiger partial charge in [0, 0.05) is 18.2 Å². The summed E-state index contributed by atoms with van der Waals surface area (Å²) in [6.45, 7) is 12.1. The highest BCUT2D eigenvalue weighted by Gasteiger charge is 2.32. The van der Waals surface area contributed by atoms with Crippen molar-refractivity contribution in [3.8, 4) is 5.88 Å². The molecule has 2 radical (unpaired) electrons. The van der Waals surface area contributed by atoms with Gasteiger partial charge in [0.05, 0.1) is 18.3 Å². The second-order valence-corrected chi connectivity index (χ2v) is 8.39. The summed E-state index contributed by atoms with van der Waals surface area (Å²) in [6.07, 6.45) is 2.05. The van der Waals surface area contributed by atoms with E-state index in [1.54, 1.807) is 19.4 Å². The molecule has 1 aromatic rings. The van der Waals surface area contributed by atoms with Crippen LogP contribution in [0.2, 0.25) is 5.04 Å². The van der Waals surface area contributed by atoms with Crippen molar-refractivity contribution in [3.63, 3.8) is 0 Å². The highest BCUT2D eigenvalue weighted by molar-refractivity contribution is 6.31. The lowest BCUT2D eigenvalue weighted by molar-refractivity contribution is 0.0924. The molecular weight excluding hydrogens is 282 g/mol. The number of Topliss-reactive ketones (excluding diaryl/α,β-unsaturated/α-hetero) is 1. The smallest absolute Gasteiger partial charge is 0.236 e. The number of pyridine rings is 1. The van der Waals surface area contributed by atoms with Crippen molar-refractivity contribution in [2.24, 2.45) is 0 Å². The zero-order chi connectivity index (χ0) is 16.3. The molecule has 0 spiro atoms. The maximum absolute atomic E-state index is 12.2. The van der Waals surface area contributed by atoms with Crippen LogP contribution in [0.1, 0.15) is 63.9 Å². The van der Waals surface area contributed by atoms with E-state index < -0.39 is 5.60 Å². The Hall–Kier alpha value is -1.20. The van der Waals surface area contributed by atoms with Gasteiger partial charge in [-0.1, -0.05) is 27.7 Å². The van der Waals surface area contributed by atoms with Crippen LogP contribution in [0.3, 0.4) is 0 Å². The monoisotopic (exact) mass is 307 g/mol. The summed E-state index contributed by atoms with van der Waals surface area (Å²) in [5.41, 5.74) is 0.732. The van der Waals surface area contributed by atoms with E-state index in [9.17, 15) is 4.79 Å². The van der Waals surface area contributed by atoms with Crippen LogP contribution >= 0.6 is 0 Å². The number of ether oxygens (including phenoxy) is 1. The Labute approximate surface area is 130 Å². The van der Waals surface area contributed by atoms with Crippen LogP contribution in [-0.2, 0) is 10.0 Å². The van der Waals surface area contributed by atoms with Gasteiger partial charge in [0.1, 0.15) is 0 Å². The molecule has 0 aliphatic heterocycles. The van der Waals surface area contributed by atoms with E-state index in [1.165, 1.54) is 0 Å². The van der Waals surface area contributed by atoms with Crippen LogP contribution in [0.5, 0.6) is 5.88 Å². The first-order valence-electron chi connectivity index (χ1n) is 7.14. The van der Waals surface area contributed by atoms with Gasteiger partial charge in [0.2, 0.25) is 15.6 Å². The summed E-state index contributed by atoms with van der Waals surface area (Å²) < 4.78 is 11.5. The standard InChI is InChI=1S/C16H25NO3Si/c1-8-12(18)11-9-10-17-14(19-7)13(11)16(5,6)20-21-15(2,3)4/h9-10H,8H2,1-7H3. The fourth-order valence-corrected chi connectivity index (χ4v) is 2.60. The van der Waals surface area contributed by atoms with Crippen molar-refractivity contribution in [3.05, 3.63) is 23.4 Å². The van der Waals surface area contributed by atoms with E-state index in [-0.39, 0.29) is 10.8 Å². The molecule has 4 nitrogen and oxygen atoms in total. The predicted octanol–water partition coefficient (Wildman–Crippen LogP) is 3.77. The van der Waals surface area contributed by atoms with Crippen LogP contribution in [0, 0.1) is 0 Å². The molecule has 0 fully saturated rings. The third-order valence-corrected chi connectivity index (χ3v) is 4.17. The Morgan fingerprint density at radius 2 is 1.90 bits per heavy atom. The highest BCUT2D eigenvalue weighted by Crippen LogP contribution is 2.36. The zero-order valence-corrected chi connectivity index (χ0v) is 15.0. The van der Waals surface area contributed by atoms with Crippen molar-refractivity contribution in [1.82, 2.24) is 4.98 Å². The van der Waals surface area contributed by atoms with Crippen molar-refractivity contribution < 1.29 is 14.0 Å². The van der Waals surface area contributed by atoms with E-state index in [0.29, 0.717) is 27.6 Å². The fourth-order valence-electron chi connectivity index (χ4n) is 1.93. The molecule has 0 aliphatic carbocycles. The Bertz CT molecular complexity index is 507. The predicted molar refractivity (Wildman–Crippen MR) is 85.0 cm³/mol. The van der Waals surface area contributed by atoms with E-state index in [0.717, 1.165) is 5.56 Å². The van der Waals surface area contributed by atoms with E-state index in [4.69, 9.17) is 9.16 Å². The molecule has 0 bridgehead atoms. The maximum Gasteiger partial charge on any atom is 0.236 e. The average molecular weight is 307 g/mol. The van der Waals surface area contributed by atoms with E-state index >= 15 is 0 Å². The zero-order valence-electron chi connectivity index (χ0n) is 14.0. The minimum atomic E-state index is -0.633. The SMILES string of the molecule is CCC(=O)c1ccnc(OC)c1C(C)(C)O[Si]C(C)(C)C. The van der Waals surface area contributed by atoms with E-state index in [1.807, 2.05) is 20.8 Å². The van der Waals surface area contributed by atoms with Crippen molar-refractivity contribution in [2.45, 2.75) is 58.6 Å². The molecule has 0 saturated heterocycles. The first kappa shape index (κ1) is 17.8. The number of carbonyl (C=O) groups is 1. The van der Waals surface area contributed by atoms with Crippen LogP contribution in [0.25, 0.3) is 0 Å². The molecule has 0 atom stereocenters. The summed E-state index contributed by atoms with van der Waals surface area (Å²) in [7, 11) is 1.88. The Morgan fingerprint density at radius 3 is 2.38 bits per heavy atom. The van der Waals surface area contributed by atoms with Crippen LogP contribution < -0.4 is 4.74 Å². The van der Waals surface area contributed by atoms with Crippen LogP contribution in [0.4, 0.5) is 0 Å². The summed E-state index contributed by atoms with van der Waals surface area (Å²) in [5, 5.41) is 0.0711. The van der Waals surface area contributed by atoms with Gasteiger partial charge in [-0.25, -0.2) is 4.98 Å². The van der Waals surface area contributed by atoms with Crippen molar-refractivity contribution in [1.29, 1.82) is 0 Å². The van der Waals surface area contributed by atoms with Gasteiger partial charge < -0.3 is 9.16 Å². The number of aromatic nitrogens is 1. The van der Waals surface area contributed by atoms with Crippen molar-refractivity contribution in [2.75, 3.05) is 7.11 Å². The second-order valence-electron chi connectivity index (χ2n) is 6.48. The number of methoxy groups -OCH3 is 1. The van der Waals surface area contributed by atoms with Crippen molar-refractivity contribution >= 4 is 15.5 Å². The summed E-state index contributed by atoms with van der Waals surface area (Å²) >= 11 is 0. The third-order valence-electron chi connectivity index (χ3n) is 2.95. The van der Waals surface area contributed by atoms with Gasteiger partial charge in [-0.15, -0.1) is 0 Å². The quantitative estimate of drug-likeness (QED) is 0.593. The lowest BCUT2D eigenvalue weighted by Gasteiger charge is -2.31. The Balaban J connectivity index is 3.28. The molecule has 21 heavy (non-hydrogen) atoms. The average Bonchev–Trinajstić information content (AvgIpc) is 2.42. The van der Waals surface area contributed by atoms with E-state index in [2.05, 4.69) is 25.8 Å². The molecule has 0 aromatic carbocycles. The van der Waals surface area contributed by atoms with Crippen LogP contribution in [-0.4, -0.2) is 27.6 Å². The largest absolute Gasteiger partial charge is 0.481 e. The molecule has 1 heterocycles. The van der Waals surface area contributed by atoms with Gasteiger partial charge in [0.15, 0.2) is 5.78 Å². The molecule has 5 heteroatoms. The summed E-state index contributed by atoms with van der Waals surface area (Å²) in [6, 6.07) is 1.75. The molecule has 0 amide bonds. The van der Waals surface area contributed by atoms with Gasteiger partial charge in [-0.05, 0) is 25.0 Å². The number of hydrogen-bond donors (Lipinski definition) is 0. The maximum atomic E-state index is 12.2. The Morgan fingerprint density at radius 1 is 1.29 bits per heavy atom. The minimum absolute atomic E-state index is 0.0708. The summed E-state index contributed by atoms with van der Waals surface area (Å²) in [5.74, 6) is 0.527. The Kier molecular flexibility index (Phi) is 5.70. The summed E-state index contributed by atoms with van der Waals surface area (Å²) in [4.78, 5) is 16.4.